The molecule has 20 heavy (non-hydrogen) atoms. The number of ether oxygens (including phenoxy) is 1. The molecule has 1 aromatic heterocycles. The molecule has 1 amide bonds. The van der Waals surface area contributed by atoms with Crippen molar-refractivity contribution in [2.24, 2.45) is 0 Å². The van der Waals surface area contributed by atoms with Gasteiger partial charge in [0.2, 0.25) is 5.91 Å². The second kappa shape index (κ2) is 5.22. The van der Waals surface area contributed by atoms with Crippen molar-refractivity contribution in [1.29, 1.82) is 0 Å². The number of furan rings is 1. The number of carbonyl (C=O) groups excluding carboxylic acids is 1. The average Bonchev–Trinajstić information content (AvgIpc) is 2.96. The molecule has 3 rings (SSSR count). The number of rotatable bonds is 2. The molecule has 0 unspecified atom stereocenters. The minimum Gasteiger partial charge on any atom is -0.472 e. The van der Waals surface area contributed by atoms with E-state index in [1.807, 2.05) is 18.0 Å². The van der Waals surface area contributed by atoms with Gasteiger partial charge in [0, 0.05) is 32.2 Å². The van der Waals surface area contributed by atoms with Gasteiger partial charge in [0.25, 0.3) is 0 Å². The van der Waals surface area contributed by atoms with Gasteiger partial charge in [-0.2, -0.15) is 0 Å². The van der Waals surface area contributed by atoms with Crippen molar-refractivity contribution >= 4 is 5.91 Å². The third-order valence-electron chi connectivity index (χ3n) is 4.91. The van der Waals surface area contributed by atoms with Gasteiger partial charge in [-0.25, -0.2) is 0 Å². The Balaban J connectivity index is 1.61. The van der Waals surface area contributed by atoms with Crippen LogP contribution >= 0.6 is 0 Å². The van der Waals surface area contributed by atoms with Crippen LogP contribution in [0.15, 0.2) is 23.0 Å². The van der Waals surface area contributed by atoms with Gasteiger partial charge in [0.05, 0.1) is 24.2 Å². The maximum Gasteiger partial charge on any atom is 0.248 e. The van der Waals surface area contributed by atoms with Crippen molar-refractivity contribution < 1.29 is 13.9 Å². The van der Waals surface area contributed by atoms with E-state index in [9.17, 15) is 4.79 Å². The SMILES string of the molecule is C[C@@H]1N(C)C(=O)COC12CCN(Cc1ccoc1)CC2. The smallest absolute Gasteiger partial charge is 0.248 e. The Morgan fingerprint density at radius 3 is 2.80 bits per heavy atom. The third kappa shape index (κ3) is 2.36. The summed E-state index contributed by atoms with van der Waals surface area (Å²) in [6.07, 6.45) is 5.47. The van der Waals surface area contributed by atoms with Gasteiger partial charge < -0.3 is 14.1 Å². The number of amides is 1. The van der Waals surface area contributed by atoms with Crippen LogP contribution in [0.25, 0.3) is 0 Å². The summed E-state index contributed by atoms with van der Waals surface area (Å²) in [5.74, 6) is 0.0870. The first kappa shape index (κ1) is 13.6. The standard InChI is InChI=1S/C15H22N2O3/c1-12-15(20-11-14(18)16(12)2)4-6-17(7-5-15)9-13-3-8-19-10-13/h3,8,10,12H,4-7,9,11H2,1-2H3/t12-/m0/s1. The summed E-state index contributed by atoms with van der Waals surface area (Å²) >= 11 is 0. The number of carbonyl (C=O) groups is 1. The molecule has 1 spiro atoms. The Morgan fingerprint density at radius 1 is 1.40 bits per heavy atom. The molecule has 1 aromatic rings. The topological polar surface area (TPSA) is 45.9 Å². The highest BCUT2D eigenvalue weighted by Crippen LogP contribution is 2.35. The van der Waals surface area contributed by atoms with E-state index in [1.165, 1.54) is 5.56 Å². The first-order valence-corrected chi connectivity index (χ1v) is 7.24. The van der Waals surface area contributed by atoms with Crippen LogP contribution in [0.4, 0.5) is 0 Å². The Morgan fingerprint density at radius 2 is 2.15 bits per heavy atom. The molecule has 5 heteroatoms. The van der Waals surface area contributed by atoms with Crippen molar-refractivity contribution in [3.63, 3.8) is 0 Å². The molecule has 0 saturated carbocycles. The Kier molecular flexibility index (Phi) is 3.56. The molecule has 2 aliphatic heterocycles. The first-order valence-electron chi connectivity index (χ1n) is 7.24. The molecule has 2 saturated heterocycles. The molecular formula is C15H22N2O3. The molecule has 2 fully saturated rings. The van der Waals surface area contributed by atoms with Crippen molar-refractivity contribution in [1.82, 2.24) is 9.80 Å². The molecule has 2 aliphatic rings. The lowest BCUT2D eigenvalue weighted by molar-refractivity contribution is -0.183. The minimum absolute atomic E-state index is 0.0870. The predicted octanol–water partition coefficient (Wildman–Crippen LogP) is 1.49. The lowest BCUT2D eigenvalue weighted by Gasteiger charge is -2.50. The number of piperidine rings is 1. The van der Waals surface area contributed by atoms with Gasteiger partial charge in [-0.3, -0.25) is 9.69 Å². The molecule has 110 valence electrons. The van der Waals surface area contributed by atoms with E-state index >= 15 is 0 Å². The highest BCUT2D eigenvalue weighted by atomic mass is 16.5. The van der Waals surface area contributed by atoms with Crippen molar-refractivity contribution in [3.8, 4) is 0 Å². The van der Waals surface area contributed by atoms with Gasteiger partial charge in [-0.1, -0.05) is 0 Å². The molecule has 0 radical (unpaired) electrons. The Hall–Kier alpha value is -1.33. The summed E-state index contributed by atoms with van der Waals surface area (Å²) in [7, 11) is 1.88. The van der Waals surface area contributed by atoms with E-state index in [2.05, 4.69) is 11.8 Å². The van der Waals surface area contributed by atoms with E-state index in [0.717, 1.165) is 32.5 Å². The van der Waals surface area contributed by atoms with Crippen LogP contribution in [0, 0.1) is 0 Å². The van der Waals surface area contributed by atoms with Gasteiger partial charge in [0.1, 0.15) is 6.61 Å². The van der Waals surface area contributed by atoms with Crippen LogP contribution in [-0.4, -0.2) is 54.1 Å². The highest BCUT2D eigenvalue weighted by Gasteiger charge is 2.46. The number of nitrogens with zero attached hydrogens (tertiary/aromatic N) is 2. The zero-order valence-corrected chi connectivity index (χ0v) is 12.2. The lowest BCUT2D eigenvalue weighted by Crippen LogP contribution is -2.62. The number of likely N-dealkylation sites (N-methyl/N-ethyl adjacent to an activating group) is 1. The largest absolute Gasteiger partial charge is 0.472 e. The molecule has 0 bridgehead atoms. The van der Waals surface area contributed by atoms with E-state index in [4.69, 9.17) is 9.15 Å². The number of hydrogen-bond acceptors (Lipinski definition) is 4. The van der Waals surface area contributed by atoms with Crippen LogP contribution in [0.3, 0.4) is 0 Å². The maximum atomic E-state index is 11.7. The summed E-state index contributed by atoms with van der Waals surface area (Å²) in [5.41, 5.74) is 1.06. The molecular weight excluding hydrogens is 256 g/mol. The number of hydrogen-bond donors (Lipinski definition) is 0. The van der Waals surface area contributed by atoms with Gasteiger partial charge in [0.15, 0.2) is 0 Å². The zero-order chi connectivity index (χ0) is 14.2. The van der Waals surface area contributed by atoms with Crippen LogP contribution in [0.1, 0.15) is 25.3 Å². The van der Waals surface area contributed by atoms with Gasteiger partial charge in [-0.05, 0) is 25.8 Å². The fourth-order valence-corrected chi connectivity index (χ4v) is 3.29. The van der Waals surface area contributed by atoms with E-state index in [1.54, 1.807) is 12.5 Å². The molecule has 3 heterocycles. The number of likely N-dealkylation sites (tertiary alicyclic amines) is 1. The van der Waals surface area contributed by atoms with Crippen LogP contribution in [-0.2, 0) is 16.1 Å². The molecule has 5 nitrogen and oxygen atoms in total. The van der Waals surface area contributed by atoms with Crippen molar-refractivity contribution in [2.45, 2.75) is 38.0 Å². The highest BCUT2D eigenvalue weighted by molar-refractivity contribution is 5.78. The second-order valence-electron chi connectivity index (χ2n) is 5.94. The van der Waals surface area contributed by atoms with Crippen molar-refractivity contribution in [3.05, 3.63) is 24.2 Å². The zero-order valence-electron chi connectivity index (χ0n) is 12.2. The van der Waals surface area contributed by atoms with Crippen LogP contribution < -0.4 is 0 Å². The first-order chi connectivity index (χ1) is 9.61. The second-order valence-corrected chi connectivity index (χ2v) is 5.94. The maximum absolute atomic E-state index is 11.7. The van der Waals surface area contributed by atoms with Crippen molar-refractivity contribution in [2.75, 3.05) is 26.7 Å². The fraction of sp³-hybridized carbons (Fsp3) is 0.667. The van der Waals surface area contributed by atoms with Crippen LogP contribution in [0.5, 0.6) is 0 Å². The normalized spacial score (nSPS) is 27.2. The van der Waals surface area contributed by atoms with Gasteiger partial charge >= 0.3 is 0 Å². The summed E-state index contributed by atoms with van der Waals surface area (Å²) < 4.78 is 11.1. The summed E-state index contributed by atoms with van der Waals surface area (Å²) in [6, 6.07) is 2.16. The minimum atomic E-state index is -0.157. The van der Waals surface area contributed by atoms with Gasteiger partial charge in [-0.15, -0.1) is 0 Å². The molecule has 0 aromatic carbocycles. The molecule has 0 aliphatic carbocycles. The van der Waals surface area contributed by atoms with E-state index in [0.29, 0.717) is 0 Å². The summed E-state index contributed by atoms with van der Waals surface area (Å²) in [5, 5.41) is 0. The molecule has 1 atom stereocenters. The van der Waals surface area contributed by atoms with Crippen LogP contribution in [0.2, 0.25) is 0 Å². The monoisotopic (exact) mass is 278 g/mol. The summed E-state index contributed by atoms with van der Waals surface area (Å²) in [6.45, 7) is 5.25. The average molecular weight is 278 g/mol. The van der Waals surface area contributed by atoms with E-state index in [-0.39, 0.29) is 24.2 Å². The third-order valence-corrected chi connectivity index (χ3v) is 4.91. The predicted molar refractivity (Wildman–Crippen MR) is 74.1 cm³/mol. The lowest BCUT2D eigenvalue weighted by atomic mass is 9.83. The van der Waals surface area contributed by atoms with E-state index < -0.39 is 0 Å². The summed E-state index contributed by atoms with van der Waals surface area (Å²) in [4.78, 5) is 15.9. The Bertz CT molecular complexity index is 463. The molecule has 0 N–H and O–H groups in total. The fourth-order valence-electron chi connectivity index (χ4n) is 3.29. The number of morpholine rings is 1. The quantitative estimate of drug-likeness (QED) is 0.822. The Labute approximate surface area is 119 Å².